The number of hydrogen-bond acceptors (Lipinski definition) is 3. The third-order valence-electron chi connectivity index (χ3n) is 4.02. The van der Waals surface area contributed by atoms with Crippen molar-refractivity contribution in [2.24, 2.45) is 0 Å². The molecule has 1 unspecified atom stereocenters. The number of amides is 2. The Hall–Kier alpha value is -2.53. The van der Waals surface area contributed by atoms with Crippen LogP contribution in [0.4, 0.5) is 5.69 Å². The smallest absolute Gasteiger partial charge is 0.251 e. The topological polar surface area (TPSA) is 70.2 Å². The van der Waals surface area contributed by atoms with Crippen LogP contribution in [0.5, 0.6) is 0 Å². The molecule has 5 nitrogen and oxygen atoms in total. The van der Waals surface area contributed by atoms with E-state index in [1.807, 2.05) is 32.0 Å². The Morgan fingerprint density at radius 3 is 2.42 bits per heavy atom. The fraction of sp³-hybridized carbons (Fsp3) is 0.300. The zero-order chi connectivity index (χ0) is 18.9. The van der Waals surface area contributed by atoms with Crippen LogP contribution in [0.15, 0.2) is 48.5 Å². The van der Waals surface area contributed by atoms with E-state index in [4.69, 9.17) is 11.6 Å². The molecule has 0 aliphatic rings. The summed E-state index contributed by atoms with van der Waals surface area (Å²) in [4.78, 5) is 24.0. The minimum Gasteiger partial charge on any atom is -0.376 e. The number of hydrogen-bond donors (Lipinski definition) is 3. The molecule has 0 aromatic heterocycles. The lowest BCUT2D eigenvalue weighted by Crippen LogP contribution is -2.31. The first kappa shape index (κ1) is 19.8. The summed E-state index contributed by atoms with van der Waals surface area (Å²) in [7, 11) is 0. The van der Waals surface area contributed by atoms with Gasteiger partial charge in [-0.25, -0.2) is 0 Å². The predicted molar refractivity (Wildman–Crippen MR) is 105 cm³/mol. The van der Waals surface area contributed by atoms with Crippen molar-refractivity contribution in [1.82, 2.24) is 10.6 Å². The highest BCUT2D eigenvalue weighted by Crippen LogP contribution is 2.14. The molecule has 0 radical (unpaired) electrons. The zero-order valence-corrected chi connectivity index (χ0v) is 15.8. The molecule has 2 aromatic carbocycles. The van der Waals surface area contributed by atoms with Crippen molar-refractivity contribution < 1.29 is 9.59 Å². The first-order valence-corrected chi connectivity index (χ1v) is 9.02. The van der Waals surface area contributed by atoms with Crippen LogP contribution in [0.1, 0.15) is 36.2 Å². The average Bonchev–Trinajstić information content (AvgIpc) is 2.66. The summed E-state index contributed by atoms with van der Waals surface area (Å²) in [6.45, 7) is 4.52. The van der Waals surface area contributed by atoms with E-state index in [1.165, 1.54) is 0 Å². The van der Waals surface area contributed by atoms with Gasteiger partial charge in [-0.2, -0.15) is 0 Å². The number of benzene rings is 2. The van der Waals surface area contributed by atoms with E-state index >= 15 is 0 Å². The molecule has 2 aromatic rings. The summed E-state index contributed by atoms with van der Waals surface area (Å²) >= 11 is 6.06. The van der Waals surface area contributed by atoms with Crippen molar-refractivity contribution in [3.63, 3.8) is 0 Å². The van der Waals surface area contributed by atoms with Crippen LogP contribution in [0, 0.1) is 0 Å². The molecule has 0 aliphatic carbocycles. The van der Waals surface area contributed by atoms with Crippen molar-refractivity contribution in [2.45, 2.75) is 32.9 Å². The highest BCUT2D eigenvalue weighted by molar-refractivity contribution is 6.31. The van der Waals surface area contributed by atoms with E-state index in [2.05, 4.69) is 16.0 Å². The molecule has 0 fully saturated rings. The number of carbonyl (C=O) groups excluding carboxylic acids is 2. The molecule has 3 N–H and O–H groups in total. The number of rotatable bonds is 8. The van der Waals surface area contributed by atoms with Gasteiger partial charge in [0.1, 0.15) is 0 Å². The molecule has 138 valence electrons. The van der Waals surface area contributed by atoms with Crippen LogP contribution in [-0.2, 0) is 11.3 Å². The molecule has 0 saturated heterocycles. The van der Waals surface area contributed by atoms with Crippen molar-refractivity contribution in [2.75, 3.05) is 11.9 Å². The number of carbonyl (C=O) groups is 2. The van der Waals surface area contributed by atoms with Crippen LogP contribution in [0.2, 0.25) is 5.02 Å². The lowest BCUT2D eigenvalue weighted by Gasteiger charge is -2.12. The van der Waals surface area contributed by atoms with Gasteiger partial charge in [0.15, 0.2) is 0 Å². The molecule has 2 amide bonds. The third-order valence-corrected chi connectivity index (χ3v) is 4.39. The lowest BCUT2D eigenvalue weighted by molar-refractivity contribution is -0.119. The largest absolute Gasteiger partial charge is 0.376 e. The molecule has 0 spiro atoms. The summed E-state index contributed by atoms with van der Waals surface area (Å²) in [5.41, 5.74) is 2.25. The van der Waals surface area contributed by atoms with Gasteiger partial charge in [0.25, 0.3) is 5.91 Å². The van der Waals surface area contributed by atoms with Gasteiger partial charge in [-0.1, -0.05) is 36.7 Å². The molecular formula is C20H24ClN3O2. The van der Waals surface area contributed by atoms with Gasteiger partial charge >= 0.3 is 0 Å². The molecule has 1 atom stereocenters. The molecule has 0 heterocycles. The van der Waals surface area contributed by atoms with Crippen LogP contribution >= 0.6 is 11.6 Å². The van der Waals surface area contributed by atoms with Crippen molar-refractivity contribution in [3.05, 3.63) is 64.7 Å². The van der Waals surface area contributed by atoms with E-state index < -0.39 is 0 Å². The summed E-state index contributed by atoms with van der Waals surface area (Å²) in [5, 5.41) is 9.40. The Morgan fingerprint density at radius 2 is 1.77 bits per heavy atom. The molecule has 2 rings (SSSR count). The molecular weight excluding hydrogens is 350 g/mol. The number of nitrogens with one attached hydrogen (secondary N) is 3. The van der Waals surface area contributed by atoms with Gasteiger partial charge in [-0.15, -0.1) is 0 Å². The second-order valence-electron chi connectivity index (χ2n) is 6.08. The second kappa shape index (κ2) is 9.82. The van der Waals surface area contributed by atoms with E-state index in [0.717, 1.165) is 17.7 Å². The molecule has 26 heavy (non-hydrogen) atoms. The summed E-state index contributed by atoms with van der Waals surface area (Å²) in [6, 6.07) is 14.6. The Morgan fingerprint density at radius 1 is 1.08 bits per heavy atom. The van der Waals surface area contributed by atoms with Gasteiger partial charge in [0.2, 0.25) is 5.91 Å². The fourth-order valence-corrected chi connectivity index (χ4v) is 2.43. The van der Waals surface area contributed by atoms with Gasteiger partial charge in [0, 0.05) is 28.9 Å². The molecule has 0 saturated carbocycles. The van der Waals surface area contributed by atoms with Crippen molar-refractivity contribution >= 4 is 29.1 Å². The summed E-state index contributed by atoms with van der Waals surface area (Å²) < 4.78 is 0. The maximum atomic E-state index is 12.0. The van der Waals surface area contributed by atoms with Gasteiger partial charge in [-0.05, 0) is 49.2 Å². The Labute approximate surface area is 159 Å². The van der Waals surface area contributed by atoms with Crippen molar-refractivity contribution in [1.29, 1.82) is 0 Å². The van der Waals surface area contributed by atoms with Crippen molar-refractivity contribution in [3.8, 4) is 0 Å². The fourth-order valence-electron chi connectivity index (χ4n) is 2.23. The summed E-state index contributed by atoms with van der Waals surface area (Å²) in [5.74, 6) is -0.230. The quantitative estimate of drug-likeness (QED) is 0.662. The van der Waals surface area contributed by atoms with Crippen LogP contribution in [-0.4, -0.2) is 24.4 Å². The monoisotopic (exact) mass is 373 g/mol. The standard InChI is InChI=1S/C20H24ClN3O2/c1-3-14(2)24-20(26)15-8-10-17(11-9-15)22-13-19(25)23-12-16-6-4-5-7-18(16)21/h4-11,14,22H,3,12-13H2,1-2H3,(H,23,25)(H,24,26). The van der Waals surface area contributed by atoms with Crippen LogP contribution < -0.4 is 16.0 Å². The predicted octanol–water partition coefficient (Wildman–Crippen LogP) is 3.60. The highest BCUT2D eigenvalue weighted by atomic mass is 35.5. The van der Waals surface area contributed by atoms with E-state index in [9.17, 15) is 9.59 Å². The number of halogens is 1. The van der Waals surface area contributed by atoms with E-state index in [-0.39, 0.29) is 24.4 Å². The minimum absolute atomic E-state index is 0.0941. The van der Waals surface area contributed by atoms with Crippen LogP contribution in [0.3, 0.4) is 0 Å². The van der Waals surface area contributed by atoms with Gasteiger partial charge in [0.05, 0.1) is 6.54 Å². The van der Waals surface area contributed by atoms with E-state index in [1.54, 1.807) is 30.3 Å². The maximum Gasteiger partial charge on any atom is 0.251 e. The first-order chi connectivity index (χ1) is 12.5. The Bertz CT molecular complexity index is 747. The normalized spacial score (nSPS) is 11.5. The highest BCUT2D eigenvalue weighted by Gasteiger charge is 2.08. The number of anilines is 1. The summed E-state index contributed by atoms with van der Waals surface area (Å²) in [6.07, 6.45) is 0.884. The second-order valence-corrected chi connectivity index (χ2v) is 6.49. The average molecular weight is 374 g/mol. The lowest BCUT2D eigenvalue weighted by atomic mass is 10.1. The molecule has 6 heteroatoms. The Balaban J connectivity index is 1.79. The maximum absolute atomic E-state index is 12.0. The molecule has 0 bridgehead atoms. The van der Waals surface area contributed by atoms with E-state index in [0.29, 0.717) is 17.1 Å². The van der Waals surface area contributed by atoms with Crippen LogP contribution in [0.25, 0.3) is 0 Å². The SMILES string of the molecule is CCC(C)NC(=O)c1ccc(NCC(=O)NCc2ccccc2Cl)cc1. The molecule has 0 aliphatic heterocycles. The first-order valence-electron chi connectivity index (χ1n) is 8.64. The Kier molecular flexibility index (Phi) is 7.48. The minimum atomic E-state index is -0.136. The third kappa shape index (κ3) is 6.08. The van der Waals surface area contributed by atoms with Gasteiger partial charge in [-0.3, -0.25) is 9.59 Å². The van der Waals surface area contributed by atoms with Gasteiger partial charge < -0.3 is 16.0 Å². The zero-order valence-electron chi connectivity index (χ0n) is 15.0.